The minimum atomic E-state index is -4.30. The lowest BCUT2D eigenvalue weighted by molar-refractivity contribution is -0.169. The number of likely N-dealkylation sites (tertiary alicyclic amines) is 1. The average Bonchev–Trinajstić information content (AvgIpc) is 2.76. The molecule has 2 amide bonds. The molecule has 0 radical (unpaired) electrons. The predicted molar refractivity (Wildman–Crippen MR) is 60.5 cm³/mol. The number of carboxylic acids is 1. The number of halogens is 3. The highest BCUT2D eigenvalue weighted by atomic mass is 19.4. The van der Waals surface area contributed by atoms with Crippen molar-refractivity contribution in [2.75, 3.05) is 13.1 Å². The Bertz CT molecular complexity index is 360. The van der Waals surface area contributed by atoms with Crippen LogP contribution >= 0.6 is 0 Å². The predicted octanol–water partition coefficient (Wildman–Crippen LogP) is 1.69. The molecule has 5 nitrogen and oxygen atoms in total. The van der Waals surface area contributed by atoms with Crippen molar-refractivity contribution >= 4 is 12.0 Å². The topological polar surface area (TPSA) is 69.6 Å². The number of carbonyl (C=O) groups is 2. The number of hydrogen-bond donors (Lipinski definition) is 2. The van der Waals surface area contributed by atoms with Crippen LogP contribution in [0.15, 0.2) is 0 Å². The Labute approximate surface area is 108 Å². The van der Waals surface area contributed by atoms with Crippen molar-refractivity contribution in [3.05, 3.63) is 0 Å². The molecule has 0 saturated carbocycles. The fraction of sp³-hybridized carbons (Fsp3) is 0.818. The Morgan fingerprint density at radius 2 is 1.95 bits per heavy atom. The molecule has 1 aliphatic rings. The molecule has 110 valence electrons. The largest absolute Gasteiger partial charge is 0.481 e. The maximum Gasteiger partial charge on any atom is 0.393 e. The third-order valence-electron chi connectivity index (χ3n) is 3.43. The zero-order chi connectivity index (χ0) is 14.8. The SMILES string of the molecule is CC(NC(=O)N1CCC(C(F)(F)F)C1)C(C)C(=O)O. The molecular formula is C11H17F3N2O3. The molecule has 0 bridgehead atoms. The van der Waals surface area contributed by atoms with E-state index in [-0.39, 0.29) is 19.5 Å². The number of hydrogen-bond acceptors (Lipinski definition) is 2. The van der Waals surface area contributed by atoms with E-state index in [2.05, 4.69) is 5.32 Å². The highest BCUT2D eigenvalue weighted by Crippen LogP contribution is 2.33. The van der Waals surface area contributed by atoms with Gasteiger partial charge in [0, 0.05) is 19.1 Å². The van der Waals surface area contributed by atoms with Crippen LogP contribution in [0.2, 0.25) is 0 Å². The minimum Gasteiger partial charge on any atom is -0.481 e. The van der Waals surface area contributed by atoms with E-state index in [4.69, 9.17) is 5.11 Å². The molecule has 0 aromatic heterocycles. The Hall–Kier alpha value is -1.47. The van der Waals surface area contributed by atoms with Crippen LogP contribution in [0.4, 0.5) is 18.0 Å². The number of urea groups is 1. The lowest BCUT2D eigenvalue weighted by Gasteiger charge is -2.23. The van der Waals surface area contributed by atoms with Crippen LogP contribution in [0.5, 0.6) is 0 Å². The van der Waals surface area contributed by atoms with Gasteiger partial charge in [-0.2, -0.15) is 13.2 Å². The summed E-state index contributed by atoms with van der Waals surface area (Å²) in [5, 5.41) is 11.2. The average molecular weight is 282 g/mol. The van der Waals surface area contributed by atoms with Gasteiger partial charge >= 0.3 is 18.2 Å². The number of nitrogens with one attached hydrogen (secondary N) is 1. The lowest BCUT2D eigenvalue weighted by Crippen LogP contribution is -2.46. The van der Waals surface area contributed by atoms with Gasteiger partial charge in [0.2, 0.25) is 0 Å². The normalized spacial score (nSPS) is 23.0. The third kappa shape index (κ3) is 4.00. The summed E-state index contributed by atoms with van der Waals surface area (Å²) >= 11 is 0. The molecular weight excluding hydrogens is 265 g/mol. The summed E-state index contributed by atoms with van der Waals surface area (Å²) in [6.07, 6.45) is -4.41. The standard InChI is InChI=1S/C11H17F3N2O3/c1-6(9(17)18)7(2)15-10(19)16-4-3-8(5-16)11(12,13)14/h6-8H,3-5H2,1-2H3,(H,15,19)(H,17,18). The van der Waals surface area contributed by atoms with Crippen LogP contribution in [0, 0.1) is 11.8 Å². The maximum absolute atomic E-state index is 12.5. The van der Waals surface area contributed by atoms with E-state index in [0.717, 1.165) is 4.90 Å². The van der Waals surface area contributed by atoms with Crippen molar-refractivity contribution in [3.63, 3.8) is 0 Å². The van der Waals surface area contributed by atoms with Crippen molar-refractivity contribution in [1.29, 1.82) is 0 Å². The van der Waals surface area contributed by atoms with Crippen LogP contribution in [0.25, 0.3) is 0 Å². The van der Waals surface area contributed by atoms with E-state index >= 15 is 0 Å². The second-order valence-corrected chi connectivity index (χ2v) is 4.84. The summed E-state index contributed by atoms with van der Waals surface area (Å²) in [5.74, 6) is -3.36. The number of alkyl halides is 3. The fourth-order valence-electron chi connectivity index (χ4n) is 1.84. The van der Waals surface area contributed by atoms with Crippen molar-refractivity contribution in [2.45, 2.75) is 32.5 Å². The van der Waals surface area contributed by atoms with Crippen LogP contribution in [0.3, 0.4) is 0 Å². The summed E-state index contributed by atoms with van der Waals surface area (Å²) < 4.78 is 37.4. The van der Waals surface area contributed by atoms with E-state index in [0.29, 0.717) is 0 Å². The molecule has 1 fully saturated rings. The third-order valence-corrected chi connectivity index (χ3v) is 3.43. The van der Waals surface area contributed by atoms with Crippen molar-refractivity contribution in [1.82, 2.24) is 10.2 Å². The van der Waals surface area contributed by atoms with Gasteiger partial charge in [-0.3, -0.25) is 4.79 Å². The van der Waals surface area contributed by atoms with Gasteiger partial charge in [0.25, 0.3) is 0 Å². The van der Waals surface area contributed by atoms with E-state index in [1.807, 2.05) is 0 Å². The number of carboxylic acid groups (broad SMARTS) is 1. The Kier molecular flexibility index (Phi) is 4.65. The summed E-state index contributed by atoms with van der Waals surface area (Å²) in [5.41, 5.74) is 0. The first-order valence-corrected chi connectivity index (χ1v) is 5.98. The molecule has 3 unspecified atom stereocenters. The van der Waals surface area contributed by atoms with E-state index in [9.17, 15) is 22.8 Å². The molecule has 1 heterocycles. The van der Waals surface area contributed by atoms with Gasteiger partial charge in [0.15, 0.2) is 0 Å². The summed E-state index contributed by atoms with van der Waals surface area (Å²) in [6.45, 7) is 2.59. The number of rotatable bonds is 3. The molecule has 1 aliphatic heterocycles. The van der Waals surface area contributed by atoms with Crippen LogP contribution in [-0.2, 0) is 4.79 Å². The van der Waals surface area contributed by atoms with Gasteiger partial charge in [-0.1, -0.05) is 0 Å². The lowest BCUT2D eigenvalue weighted by atomic mass is 10.0. The zero-order valence-electron chi connectivity index (χ0n) is 10.7. The monoisotopic (exact) mass is 282 g/mol. The van der Waals surface area contributed by atoms with E-state index in [1.54, 1.807) is 0 Å². The van der Waals surface area contributed by atoms with Crippen molar-refractivity contribution in [2.24, 2.45) is 11.8 Å². The highest BCUT2D eigenvalue weighted by molar-refractivity contribution is 5.76. The molecule has 0 aromatic rings. The number of carbonyl (C=O) groups excluding carboxylic acids is 1. The van der Waals surface area contributed by atoms with Gasteiger partial charge in [-0.05, 0) is 20.3 Å². The second-order valence-electron chi connectivity index (χ2n) is 4.84. The summed E-state index contributed by atoms with van der Waals surface area (Å²) in [6, 6.07) is -1.29. The molecule has 1 saturated heterocycles. The molecule has 1 rings (SSSR count). The molecule has 19 heavy (non-hydrogen) atoms. The van der Waals surface area contributed by atoms with Gasteiger partial charge in [-0.25, -0.2) is 4.79 Å². The Balaban J connectivity index is 2.50. The summed E-state index contributed by atoms with van der Waals surface area (Å²) in [7, 11) is 0. The number of amides is 2. The van der Waals surface area contributed by atoms with Gasteiger partial charge in [0.05, 0.1) is 11.8 Å². The van der Waals surface area contributed by atoms with Gasteiger partial charge in [0.1, 0.15) is 0 Å². The first-order valence-electron chi connectivity index (χ1n) is 5.98. The summed E-state index contributed by atoms with van der Waals surface area (Å²) in [4.78, 5) is 23.5. The smallest absolute Gasteiger partial charge is 0.393 e. The molecule has 3 atom stereocenters. The Morgan fingerprint density at radius 3 is 2.37 bits per heavy atom. The second kappa shape index (κ2) is 5.66. The molecule has 2 N–H and O–H groups in total. The molecule has 0 spiro atoms. The minimum absolute atomic E-state index is 0.0319. The fourth-order valence-corrected chi connectivity index (χ4v) is 1.84. The number of aliphatic carboxylic acids is 1. The van der Waals surface area contributed by atoms with E-state index in [1.165, 1.54) is 13.8 Å². The van der Waals surface area contributed by atoms with Crippen molar-refractivity contribution < 1.29 is 27.9 Å². The highest BCUT2D eigenvalue weighted by Gasteiger charge is 2.44. The van der Waals surface area contributed by atoms with Gasteiger partial charge < -0.3 is 15.3 Å². The van der Waals surface area contributed by atoms with Crippen LogP contribution in [0.1, 0.15) is 20.3 Å². The first-order chi connectivity index (χ1) is 8.62. The molecule has 0 aromatic carbocycles. The zero-order valence-corrected chi connectivity index (χ0v) is 10.7. The van der Waals surface area contributed by atoms with E-state index < -0.39 is 36.1 Å². The van der Waals surface area contributed by atoms with Crippen molar-refractivity contribution in [3.8, 4) is 0 Å². The number of nitrogens with zero attached hydrogens (tertiary/aromatic N) is 1. The van der Waals surface area contributed by atoms with Gasteiger partial charge in [-0.15, -0.1) is 0 Å². The first kappa shape index (κ1) is 15.6. The quantitative estimate of drug-likeness (QED) is 0.827. The van der Waals surface area contributed by atoms with Crippen LogP contribution < -0.4 is 5.32 Å². The Morgan fingerprint density at radius 1 is 1.37 bits per heavy atom. The van der Waals surface area contributed by atoms with Crippen LogP contribution in [-0.4, -0.2) is 47.3 Å². The molecule has 0 aliphatic carbocycles. The molecule has 8 heteroatoms. The maximum atomic E-state index is 12.5.